The molecule has 11 heteroatoms. The molecule has 0 radical (unpaired) electrons. The molecule has 0 aliphatic heterocycles. The molecule has 254 valence electrons. The quantitative estimate of drug-likeness (QED) is 0.154. The van der Waals surface area contributed by atoms with Crippen molar-refractivity contribution in [2.75, 3.05) is 32.0 Å². The molecule has 1 aromatic heterocycles. The summed E-state index contributed by atoms with van der Waals surface area (Å²) in [6, 6.07) is 11.4. The standard InChI is InChI=1S/C37H45N5O6/c1-19(2)15-32-40-27-13-10-23(17-29(27)41-32)39-37(45)34(20(3)4)42-28-14-11-24-25(18-30(28)44)26(38-21(5)43)12-9-22-16-31(46-6)35(47-7)36(48-8)33(22)24/h10-11,13-14,16-20,26,34H,9,12,15H2,1-8H3,(H,38,43)(H,39,45)(H,40,41)(H,42,44)/t26-,34-/m1/s1. The van der Waals surface area contributed by atoms with Crippen LogP contribution in [0.25, 0.3) is 22.2 Å². The van der Waals surface area contributed by atoms with Crippen molar-refractivity contribution >= 4 is 34.2 Å². The number of carbonyl (C=O) groups excluding carboxylic acids is 2. The second-order valence-electron chi connectivity index (χ2n) is 13.0. The molecule has 0 saturated heterocycles. The van der Waals surface area contributed by atoms with Crippen LogP contribution >= 0.6 is 0 Å². The first-order valence-corrected chi connectivity index (χ1v) is 16.3. The number of imidazole rings is 1. The van der Waals surface area contributed by atoms with E-state index in [-0.39, 0.29) is 28.8 Å². The summed E-state index contributed by atoms with van der Waals surface area (Å²) in [5.74, 6) is 2.13. The SMILES string of the molecule is COc1cc2c(c(OC)c1OC)-c1ccc(N[C@@H](C(=O)Nc3ccc4nc(CC(C)C)[nH]c4c3)C(C)C)c(=O)cc1[C@H](NC(C)=O)CC2. The normalized spacial score (nSPS) is 14.5. The van der Waals surface area contributed by atoms with Gasteiger partial charge in [-0.1, -0.05) is 33.8 Å². The summed E-state index contributed by atoms with van der Waals surface area (Å²) >= 11 is 0. The van der Waals surface area contributed by atoms with Gasteiger partial charge in [0, 0.05) is 24.6 Å². The third-order valence-corrected chi connectivity index (χ3v) is 8.58. The fourth-order valence-corrected chi connectivity index (χ4v) is 6.37. The Balaban J connectivity index is 1.53. The number of aromatic amines is 1. The minimum Gasteiger partial charge on any atom is -0.493 e. The van der Waals surface area contributed by atoms with Crippen LogP contribution in [0, 0.1) is 11.8 Å². The van der Waals surface area contributed by atoms with Gasteiger partial charge in [0.05, 0.1) is 44.1 Å². The maximum absolute atomic E-state index is 13.9. The van der Waals surface area contributed by atoms with Crippen LogP contribution in [0.1, 0.15) is 64.0 Å². The number of aryl methyl sites for hydroxylation is 1. The first kappa shape index (κ1) is 34.3. The number of anilines is 2. The van der Waals surface area contributed by atoms with Crippen molar-refractivity contribution in [1.29, 1.82) is 0 Å². The molecule has 0 unspecified atom stereocenters. The molecular formula is C37H45N5O6. The van der Waals surface area contributed by atoms with E-state index in [4.69, 9.17) is 14.2 Å². The highest BCUT2D eigenvalue weighted by Crippen LogP contribution is 2.50. The summed E-state index contributed by atoms with van der Waals surface area (Å²) in [4.78, 5) is 47.9. The smallest absolute Gasteiger partial charge is 0.247 e. The minimum absolute atomic E-state index is 0.161. The topological polar surface area (TPSA) is 144 Å². The second kappa shape index (κ2) is 14.4. The Hall–Kier alpha value is -5.06. The van der Waals surface area contributed by atoms with Gasteiger partial charge in [-0.15, -0.1) is 0 Å². The molecular weight excluding hydrogens is 610 g/mol. The number of amides is 2. The lowest BCUT2D eigenvalue weighted by atomic mass is 9.95. The van der Waals surface area contributed by atoms with E-state index in [1.54, 1.807) is 33.5 Å². The Morgan fingerprint density at radius 2 is 1.73 bits per heavy atom. The number of methoxy groups -OCH3 is 3. The second-order valence-corrected chi connectivity index (χ2v) is 13.0. The van der Waals surface area contributed by atoms with E-state index >= 15 is 0 Å². The van der Waals surface area contributed by atoms with Gasteiger partial charge in [0.25, 0.3) is 0 Å². The van der Waals surface area contributed by atoms with Crippen LogP contribution < -0.4 is 35.6 Å². The lowest BCUT2D eigenvalue weighted by Gasteiger charge is -2.22. The number of carbonyl (C=O) groups is 2. The number of nitrogens with one attached hydrogen (secondary N) is 4. The Kier molecular flexibility index (Phi) is 10.3. The Morgan fingerprint density at radius 3 is 2.38 bits per heavy atom. The van der Waals surface area contributed by atoms with Gasteiger partial charge in [-0.05, 0) is 77.8 Å². The highest BCUT2D eigenvalue weighted by atomic mass is 16.5. The van der Waals surface area contributed by atoms with E-state index in [0.29, 0.717) is 52.8 Å². The van der Waals surface area contributed by atoms with E-state index in [0.717, 1.165) is 34.4 Å². The van der Waals surface area contributed by atoms with Crippen molar-refractivity contribution in [3.63, 3.8) is 0 Å². The maximum Gasteiger partial charge on any atom is 0.247 e. The molecule has 1 aliphatic carbocycles. The van der Waals surface area contributed by atoms with Gasteiger partial charge in [-0.3, -0.25) is 14.4 Å². The summed E-state index contributed by atoms with van der Waals surface area (Å²) < 4.78 is 17.2. The van der Waals surface area contributed by atoms with Gasteiger partial charge < -0.3 is 35.1 Å². The van der Waals surface area contributed by atoms with Gasteiger partial charge in [-0.25, -0.2) is 4.98 Å². The van der Waals surface area contributed by atoms with Crippen LogP contribution in [-0.2, 0) is 22.4 Å². The molecule has 2 amide bonds. The van der Waals surface area contributed by atoms with E-state index in [9.17, 15) is 14.4 Å². The summed E-state index contributed by atoms with van der Waals surface area (Å²) in [6.45, 7) is 9.58. The first-order chi connectivity index (χ1) is 22.9. The molecule has 1 heterocycles. The molecule has 0 spiro atoms. The lowest BCUT2D eigenvalue weighted by molar-refractivity contribution is -0.120. The zero-order valence-electron chi connectivity index (χ0n) is 28.9. The Morgan fingerprint density at radius 1 is 0.979 bits per heavy atom. The largest absolute Gasteiger partial charge is 0.493 e. The van der Waals surface area contributed by atoms with Crippen molar-refractivity contribution in [1.82, 2.24) is 15.3 Å². The maximum atomic E-state index is 13.9. The number of hydrogen-bond acceptors (Lipinski definition) is 8. The van der Waals surface area contributed by atoms with E-state index in [2.05, 4.69) is 39.8 Å². The predicted molar refractivity (Wildman–Crippen MR) is 188 cm³/mol. The van der Waals surface area contributed by atoms with Crippen LogP contribution in [0.2, 0.25) is 0 Å². The Labute approximate surface area is 280 Å². The molecule has 1 aliphatic rings. The zero-order chi connectivity index (χ0) is 34.7. The van der Waals surface area contributed by atoms with E-state index in [1.165, 1.54) is 6.92 Å². The molecule has 0 fully saturated rings. The highest BCUT2D eigenvalue weighted by molar-refractivity contribution is 5.98. The Bertz CT molecular complexity index is 1900. The van der Waals surface area contributed by atoms with Crippen molar-refractivity contribution in [3.05, 3.63) is 69.6 Å². The van der Waals surface area contributed by atoms with Gasteiger partial charge >= 0.3 is 0 Å². The van der Waals surface area contributed by atoms with E-state index in [1.807, 2.05) is 44.2 Å². The number of rotatable bonds is 11. The average molecular weight is 656 g/mol. The van der Waals surface area contributed by atoms with Gasteiger partial charge in [0.1, 0.15) is 11.9 Å². The number of benzene rings is 2. The molecule has 5 rings (SSSR count). The first-order valence-electron chi connectivity index (χ1n) is 16.3. The molecule has 4 N–H and O–H groups in total. The summed E-state index contributed by atoms with van der Waals surface area (Å²) in [5.41, 5.74) is 5.27. The lowest BCUT2D eigenvalue weighted by Crippen LogP contribution is -2.39. The fraction of sp³-hybridized carbons (Fsp3) is 0.405. The van der Waals surface area contributed by atoms with Crippen molar-refractivity contribution in [2.45, 2.75) is 66.0 Å². The fourth-order valence-electron chi connectivity index (χ4n) is 6.37. The van der Waals surface area contributed by atoms with Crippen molar-refractivity contribution in [3.8, 4) is 28.4 Å². The molecule has 3 aromatic carbocycles. The van der Waals surface area contributed by atoms with Gasteiger partial charge in [0.15, 0.2) is 11.5 Å². The van der Waals surface area contributed by atoms with Gasteiger partial charge in [-0.2, -0.15) is 0 Å². The van der Waals surface area contributed by atoms with Crippen molar-refractivity contribution < 1.29 is 23.8 Å². The number of fused-ring (bicyclic) bond motifs is 4. The van der Waals surface area contributed by atoms with E-state index < -0.39 is 12.1 Å². The van der Waals surface area contributed by atoms with Crippen LogP contribution in [0.5, 0.6) is 17.2 Å². The van der Waals surface area contributed by atoms with Crippen LogP contribution in [0.3, 0.4) is 0 Å². The molecule has 2 atom stereocenters. The molecule has 11 nitrogen and oxygen atoms in total. The van der Waals surface area contributed by atoms with Crippen LogP contribution in [0.4, 0.5) is 11.4 Å². The highest BCUT2D eigenvalue weighted by Gasteiger charge is 2.30. The summed E-state index contributed by atoms with van der Waals surface area (Å²) in [7, 11) is 4.67. The predicted octanol–water partition coefficient (Wildman–Crippen LogP) is 6.01. The minimum atomic E-state index is -0.730. The van der Waals surface area contributed by atoms with Crippen LogP contribution in [0.15, 0.2) is 47.3 Å². The molecule has 0 saturated carbocycles. The third kappa shape index (κ3) is 7.10. The average Bonchev–Trinajstić information content (AvgIpc) is 3.28. The summed E-state index contributed by atoms with van der Waals surface area (Å²) in [5, 5.41) is 9.27. The molecule has 4 aromatic rings. The number of aromatic nitrogens is 2. The third-order valence-electron chi connectivity index (χ3n) is 8.58. The number of hydrogen-bond donors (Lipinski definition) is 4. The van der Waals surface area contributed by atoms with Gasteiger partial charge in [0.2, 0.25) is 23.0 Å². The molecule has 48 heavy (non-hydrogen) atoms. The zero-order valence-corrected chi connectivity index (χ0v) is 28.9. The van der Waals surface area contributed by atoms with Crippen LogP contribution in [-0.4, -0.2) is 49.2 Å². The number of H-pyrrole nitrogens is 1. The number of ether oxygens (including phenoxy) is 3. The summed E-state index contributed by atoms with van der Waals surface area (Å²) in [6.07, 6.45) is 1.96. The molecule has 0 bridgehead atoms. The van der Waals surface area contributed by atoms with Crippen molar-refractivity contribution in [2.24, 2.45) is 11.8 Å². The number of nitrogens with zero attached hydrogens (tertiary/aromatic N) is 1. The monoisotopic (exact) mass is 655 g/mol.